The van der Waals surface area contributed by atoms with Gasteiger partial charge in [0.05, 0.1) is 0 Å². The molecule has 4 rings (SSSR count). The van der Waals surface area contributed by atoms with Crippen LogP contribution in [0.5, 0.6) is 0 Å². The maximum absolute atomic E-state index is 13.5. The molecule has 3 heterocycles. The first-order valence-electron chi connectivity index (χ1n) is 11.2. The van der Waals surface area contributed by atoms with Crippen molar-refractivity contribution in [2.24, 2.45) is 5.92 Å². The molecular formula is C23H31N3O4S. The van der Waals surface area contributed by atoms with Crippen molar-refractivity contribution in [2.45, 2.75) is 63.4 Å². The summed E-state index contributed by atoms with van der Waals surface area (Å²) in [5.74, 6) is 0.362. The van der Waals surface area contributed by atoms with Crippen molar-refractivity contribution in [3.05, 3.63) is 40.8 Å². The van der Waals surface area contributed by atoms with Crippen molar-refractivity contribution in [1.29, 1.82) is 0 Å². The highest BCUT2D eigenvalue weighted by Crippen LogP contribution is 2.27. The predicted molar refractivity (Wildman–Crippen MR) is 120 cm³/mol. The highest BCUT2D eigenvalue weighted by Gasteiger charge is 2.31. The van der Waals surface area contributed by atoms with E-state index in [1.165, 1.54) is 15.1 Å². The Morgan fingerprint density at radius 1 is 1.00 bits per heavy atom. The summed E-state index contributed by atoms with van der Waals surface area (Å²) in [5.41, 5.74) is -0.333. The number of likely N-dealkylation sites (tertiary alicyclic amines) is 1. The van der Waals surface area contributed by atoms with Crippen molar-refractivity contribution in [2.75, 3.05) is 19.6 Å². The van der Waals surface area contributed by atoms with E-state index in [0.29, 0.717) is 36.3 Å². The van der Waals surface area contributed by atoms with Crippen LogP contribution >= 0.6 is 0 Å². The van der Waals surface area contributed by atoms with Gasteiger partial charge in [0.15, 0.2) is 0 Å². The number of fused-ring (bicyclic) bond motifs is 1. The fraction of sp³-hybridized carbons (Fsp3) is 0.565. The van der Waals surface area contributed by atoms with Gasteiger partial charge in [0.25, 0.3) is 5.56 Å². The minimum atomic E-state index is -3.77. The van der Waals surface area contributed by atoms with Gasteiger partial charge in [0.2, 0.25) is 15.9 Å². The van der Waals surface area contributed by atoms with E-state index >= 15 is 0 Å². The van der Waals surface area contributed by atoms with Crippen LogP contribution in [0.25, 0.3) is 10.8 Å². The van der Waals surface area contributed by atoms with Gasteiger partial charge in [-0.1, -0.05) is 25.1 Å². The van der Waals surface area contributed by atoms with E-state index in [4.69, 9.17) is 0 Å². The number of aromatic nitrogens is 1. The van der Waals surface area contributed by atoms with Gasteiger partial charge in [-0.05, 0) is 51.0 Å². The zero-order valence-corrected chi connectivity index (χ0v) is 19.1. The lowest BCUT2D eigenvalue weighted by atomic mass is 10.0. The van der Waals surface area contributed by atoms with E-state index in [-0.39, 0.29) is 28.9 Å². The van der Waals surface area contributed by atoms with Crippen molar-refractivity contribution < 1.29 is 13.2 Å². The number of hydrogen-bond donors (Lipinski definition) is 0. The molecule has 1 atom stereocenters. The first-order chi connectivity index (χ1) is 14.8. The SMILES string of the molecule is CC1CCN(S(=O)(=O)c2cn(CC(=O)N3CCCCC3C)c(=O)c3ccccc23)CC1. The van der Waals surface area contributed by atoms with E-state index in [2.05, 4.69) is 6.92 Å². The van der Waals surface area contributed by atoms with Crippen LogP contribution in [0.1, 0.15) is 46.0 Å². The Kier molecular flexibility index (Phi) is 6.21. The Morgan fingerprint density at radius 3 is 2.35 bits per heavy atom. The average molecular weight is 446 g/mol. The quantitative estimate of drug-likeness (QED) is 0.725. The molecule has 7 nitrogen and oxygen atoms in total. The summed E-state index contributed by atoms with van der Waals surface area (Å²) in [6, 6.07) is 6.91. The van der Waals surface area contributed by atoms with E-state index < -0.39 is 10.0 Å². The van der Waals surface area contributed by atoms with Crippen LogP contribution in [-0.4, -0.2) is 53.8 Å². The van der Waals surface area contributed by atoms with Crippen LogP contribution in [0.15, 0.2) is 40.2 Å². The van der Waals surface area contributed by atoms with Crippen LogP contribution in [-0.2, 0) is 21.4 Å². The van der Waals surface area contributed by atoms with Crippen LogP contribution in [0.3, 0.4) is 0 Å². The molecule has 2 aromatic rings. The van der Waals surface area contributed by atoms with Gasteiger partial charge in [0, 0.05) is 42.6 Å². The molecule has 31 heavy (non-hydrogen) atoms. The molecule has 1 unspecified atom stereocenters. The Labute approximate surface area is 183 Å². The number of pyridine rings is 1. The summed E-state index contributed by atoms with van der Waals surface area (Å²) >= 11 is 0. The number of rotatable bonds is 4. The molecule has 8 heteroatoms. The lowest BCUT2D eigenvalue weighted by molar-refractivity contribution is -0.135. The number of carbonyl (C=O) groups excluding carboxylic acids is 1. The van der Waals surface area contributed by atoms with Crippen LogP contribution < -0.4 is 5.56 Å². The molecule has 0 aliphatic carbocycles. The minimum Gasteiger partial charge on any atom is -0.338 e. The van der Waals surface area contributed by atoms with Crippen molar-refractivity contribution in [3.8, 4) is 0 Å². The molecule has 0 N–H and O–H groups in total. The predicted octanol–water partition coefficient (Wildman–Crippen LogP) is 2.82. The van der Waals surface area contributed by atoms with Crippen LogP contribution in [0.2, 0.25) is 0 Å². The molecule has 2 fully saturated rings. The zero-order chi connectivity index (χ0) is 22.2. The number of sulfonamides is 1. The number of nitrogens with zero attached hydrogens (tertiary/aromatic N) is 3. The van der Waals surface area contributed by atoms with Gasteiger partial charge in [0.1, 0.15) is 11.4 Å². The van der Waals surface area contributed by atoms with Crippen molar-refractivity contribution in [1.82, 2.24) is 13.8 Å². The van der Waals surface area contributed by atoms with Gasteiger partial charge < -0.3 is 9.47 Å². The molecule has 1 aromatic carbocycles. The fourth-order valence-corrected chi connectivity index (χ4v) is 6.39. The molecule has 0 bridgehead atoms. The normalized spacial score (nSPS) is 21.5. The summed E-state index contributed by atoms with van der Waals surface area (Å²) in [6.45, 7) is 5.63. The zero-order valence-electron chi connectivity index (χ0n) is 18.3. The fourth-order valence-electron chi connectivity index (χ4n) is 4.70. The summed E-state index contributed by atoms with van der Waals surface area (Å²) < 4.78 is 29.8. The van der Waals surface area contributed by atoms with Gasteiger partial charge in [-0.3, -0.25) is 9.59 Å². The number of hydrogen-bond acceptors (Lipinski definition) is 4. The topological polar surface area (TPSA) is 79.7 Å². The number of carbonyl (C=O) groups is 1. The van der Waals surface area contributed by atoms with Crippen molar-refractivity contribution >= 4 is 26.7 Å². The van der Waals surface area contributed by atoms with Crippen molar-refractivity contribution in [3.63, 3.8) is 0 Å². The second kappa shape index (κ2) is 8.74. The maximum atomic E-state index is 13.5. The number of piperidine rings is 2. The van der Waals surface area contributed by atoms with Crippen LogP contribution in [0, 0.1) is 5.92 Å². The maximum Gasteiger partial charge on any atom is 0.258 e. The second-order valence-corrected chi connectivity index (χ2v) is 10.9. The first-order valence-corrected chi connectivity index (χ1v) is 12.6. The Hall–Kier alpha value is -2.19. The molecule has 2 aliphatic rings. The highest BCUT2D eigenvalue weighted by atomic mass is 32.2. The van der Waals surface area contributed by atoms with E-state index in [1.54, 1.807) is 24.3 Å². The minimum absolute atomic E-state index is 0.108. The van der Waals surface area contributed by atoms with E-state index in [1.807, 2.05) is 11.8 Å². The second-order valence-electron chi connectivity index (χ2n) is 8.99. The summed E-state index contributed by atoms with van der Waals surface area (Å²) in [6.07, 6.45) is 6.02. The smallest absolute Gasteiger partial charge is 0.258 e. The van der Waals surface area contributed by atoms with Gasteiger partial charge in [-0.2, -0.15) is 4.31 Å². The molecule has 1 amide bonds. The number of amides is 1. The lowest BCUT2D eigenvalue weighted by Crippen LogP contribution is -2.44. The van der Waals surface area contributed by atoms with Gasteiger partial charge in [-0.25, -0.2) is 8.42 Å². The van der Waals surface area contributed by atoms with Crippen LogP contribution in [0.4, 0.5) is 0 Å². The standard InChI is InChI=1S/C23H31N3O4S/c1-17-10-13-25(14-11-17)31(29,30)21-15-24(23(28)20-9-4-3-8-19(20)21)16-22(27)26-12-6-5-7-18(26)2/h3-4,8-9,15,17-18H,5-7,10-14,16H2,1-2H3. The molecule has 0 radical (unpaired) electrons. The summed E-state index contributed by atoms with van der Waals surface area (Å²) in [7, 11) is -3.77. The highest BCUT2D eigenvalue weighted by molar-refractivity contribution is 7.89. The first kappa shape index (κ1) is 22.0. The van der Waals surface area contributed by atoms with E-state index in [0.717, 1.165) is 32.1 Å². The van der Waals surface area contributed by atoms with Gasteiger partial charge in [-0.15, -0.1) is 0 Å². The third-order valence-corrected chi connectivity index (χ3v) is 8.67. The van der Waals surface area contributed by atoms with Gasteiger partial charge >= 0.3 is 0 Å². The third kappa shape index (κ3) is 4.28. The number of benzene rings is 1. The molecule has 1 aromatic heterocycles. The molecule has 2 saturated heterocycles. The summed E-state index contributed by atoms with van der Waals surface area (Å²) in [4.78, 5) is 28.0. The molecule has 2 aliphatic heterocycles. The molecule has 168 valence electrons. The Morgan fingerprint density at radius 2 is 1.68 bits per heavy atom. The summed E-state index contributed by atoms with van der Waals surface area (Å²) in [5, 5.41) is 0.745. The van der Waals surface area contributed by atoms with E-state index in [9.17, 15) is 18.0 Å². The monoisotopic (exact) mass is 445 g/mol. The lowest BCUT2D eigenvalue weighted by Gasteiger charge is -2.33. The molecule has 0 saturated carbocycles. The largest absolute Gasteiger partial charge is 0.338 e. The Bertz CT molecular complexity index is 1130. The Balaban J connectivity index is 1.75. The average Bonchev–Trinajstić information content (AvgIpc) is 2.76. The molecular weight excluding hydrogens is 414 g/mol. The molecule has 0 spiro atoms. The third-order valence-electron chi connectivity index (χ3n) is 6.75.